The summed E-state index contributed by atoms with van der Waals surface area (Å²) < 4.78 is 7.20. The van der Waals surface area contributed by atoms with Crippen molar-refractivity contribution in [3.8, 4) is 0 Å². The lowest BCUT2D eigenvalue weighted by molar-refractivity contribution is 0.167. The molecule has 57 heavy (non-hydrogen) atoms. The Morgan fingerprint density at radius 1 is 0.702 bits per heavy atom. The third-order valence-electron chi connectivity index (χ3n) is 14.0. The number of benzene rings is 2. The molecule has 1 aliphatic heterocycles. The van der Waals surface area contributed by atoms with Crippen LogP contribution in [0.1, 0.15) is 75.8 Å². The first kappa shape index (κ1) is 34.6. The summed E-state index contributed by atoms with van der Waals surface area (Å²) in [6.07, 6.45) is 47.9. The average Bonchev–Trinajstić information content (AvgIpc) is 3.74. The summed E-state index contributed by atoms with van der Waals surface area (Å²) in [6, 6.07) is 20.0. The fourth-order valence-corrected chi connectivity index (χ4v) is 11.2. The third kappa shape index (κ3) is 5.74. The van der Waals surface area contributed by atoms with Gasteiger partial charge < -0.3 is 9.64 Å². The second-order valence-corrected chi connectivity index (χ2v) is 17.6. The smallest absolute Gasteiger partial charge is 0.127 e. The quantitative estimate of drug-likeness (QED) is 0.292. The Bertz CT molecular complexity index is 2500. The van der Waals surface area contributed by atoms with Crippen LogP contribution in [0.15, 0.2) is 214 Å². The number of nitrogens with zero attached hydrogens (tertiary/aromatic N) is 1. The normalized spacial score (nSPS) is 28.7. The van der Waals surface area contributed by atoms with Gasteiger partial charge in [0, 0.05) is 51.7 Å². The van der Waals surface area contributed by atoms with Crippen molar-refractivity contribution < 1.29 is 4.74 Å². The Labute approximate surface area is 338 Å². The Morgan fingerprint density at radius 2 is 1.53 bits per heavy atom. The highest BCUT2D eigenvalue weighted by Crippen LogP contribution is 2.59. The Balaban J connectivity index is 1.00. The lowest BCUT2D eigenvalue weighted by Gasteiger charge is -2.36. The minimum absolute atomic E-state index is 0.000617. The number of allylic oxidation sites excluding steroid dienone is 23. The molecule has 2 aromatic rings. The zero-order chi connectivity index (χ0) is 38.1. The van der Waals surface area contributed by atoms with Crippen LogP contribution in [-0.2, 0) is 4.74 Å². The summed E-state index contributed by atoms with van der Waals surface area (Å²) in [4.78, 5) is 2.59. The first-order valence-corrected chi connectivity index (χ1v) is 21.4. The van der Waals surface area contributed by atoms with Crippen LogP contribution in [0.3, 0.4) is 0 Å². The first-order chi connectivity index (χ1) is 28.0. The van der Waals surface area contributed by atoms with E-state index in [9.17, 15) is 0 Å². The molecule has 5 unspecified atom stereocenters. The van der Waals surface area contributed by atoms with Crippen LogP contribution in [0.5, 0.6) is 0 Å². The van der Waals surface area contributed by atoms with Crippen LogP contribution in [0.25, 0.3) is 5.57 Å². The Kier molecular flexibility index (Phi) is 8.39. The van der Waals surface area contributed by atoms with E-state index in [2.05, 4.69) is 177 Å². The summed E-state index contributed by atoms with van der Waals surface area (Å²) >= 11 is 0. The molecule has 5 atom stereocenters. The van der Waals surface area contributed by atoms with Crippen molar-refractivity contribution in [2.75, 3.05) is 4.90 Å². The molecule has 0 N–H and O–H groups in total. The van der Waals surface area contributed by atoms with Crippen LogP contribution in [-0.4, -0.2) is 6.10 Å². The number of hydrogen-bond acceptors (Lipinski definition) is 2. The van der Waals surface area contributed by atoms with Crippen LogP contribution < -0.4 is 4.90 Å². The van der Waals surface area contributed by atoms with Gasteiger partial charge in [-0.25, -0.2) is 0 Å². The summed E-state index contributed by atoms with van der Waals surface area (Å²) in [5.74, 6) is 2.35. The van der Waals surface area contributed by atoms with Gasteiger partial charge >= 0.3 is 0 Å². The second kappa shape index (κ2) is 13.8. The zero-order valence-corrected chi connectivity index (χ0v) is 33.2. The molecule has 0 aromatic heterocycles. The van der Waals surface area contributed by atoms with Crippen LogP contribution >= 0.6 is 0 Å². The summed E-state index contributed by atoms with van der Waals surface area (Å²) in [6.45, 7) is 4.87. The predicted octanol–water partition coefficient (Wildman–Crippen LogP) is 13.6. The average molecular weight is 742 g/mol. The van der Waals surface area contributed by atoms with Crippen molar-refractivity contribution in [3.05, 3.63) is 225 Å². The standard InChI is InChI=1S/C55H51NO/c1-55(2)49-23-13-11-22-45(49)46-31-27-40(34-50(46)55)53-44-21-10-9-19-39(44)33-48-47-35-42(30-32-52(47)57-54(48)53)56(41-28-25-37(26-29-41)36-15-5-3-6-16-36)51-24-14-12-20-43(51)38-17-7-4-8-18-38/h3-10,12,14-17,19-25,28,30-32,34-35,38-40,47,52H,11,13,18,26-27,29,33H2,1-2H3. The monoisotopic (exact) mass is 741 g/mol. The lowest BCUT2D eigenvalue weighted by Crippen LogP contribution is -2.28. The van der Waals surface area contributed by atoms with Crippen molar-refractivity contribution in [2.24, 2.45) is 23.2 Å². The van der Waals surface area contributed by atoms with Gasteiger partial charge in [0.2, 0.25) is 0 Å². The largest absolute Gasteiger partial charge is 0.485 e. The first-order valence-electron chi connectivity index (χ1n) is 21.4. The molecule has 8 aliphatic carbocycles. The number of para-hydroxylation sites is 1. The third-order valence-corrected chi connectivity index (χ3v) is 14.0. The number of anilines is 1. The van der Waals surface area contributed by atoms with E-state index < -0.39 is 0 Å². The molecule has 1 heterocycles. The Hall–Kier alpha value is -5.60. The van der Waals surface area contributed by atoms with Crippen molar-refractivity contribution in [1.29, 1.82) is 0 Å². The molecule has 0 spiro atoms. The number of ether oxygens (including phenoxy) is 1. The molecule has 0 radical (unpaired) electrons. The fraction of sp³-hybridized carbons (Fsp3) is 0.273. The molecular formula is C55H51NO. The lowest BCUT2D eigenvalue weighted by atomic mass is 9.70. The van der Waals surface area contributed by atoms with Crippen LogP contribution in [0.4, 0.5) is 5.69 Å². The fourth-order valence-electron chi connectivity index (χ4n) is 11.2. The maximum atomic E-state index is 7.20. The number of hydrogen-bond donors (Lipinski definition) is 0. The topological polar surface area (TPSA) is 12.5 Å². The number of fused-ring (bicyclic) bond motifs is 6. The molecule has 2 aromatic carbocycles. The highest BCUT2D eigenvalue weighted by molar-refractivity contribution is 5.74. The van der Waals surface area contributed by atoms with Crippen molar-refractivity contribution in [3.63, 3.8) is 0 Å². The maximum absolute atomic E-state index is 7.20. The van der Waals surface area contributed by atoms with Gasteiger partial charge in [-0.05, 0) is 125 Å². The van der Waals surface area contributed by atoms with E-state index in [1.54, 1.807) is 0 Å². The predicted molar refractivity (Wildman–Crippen MR) is 236 cm³/mol. The van der Waals surface area contributed by atoms with E-state index in [1.165, 1.54) is 78.6 Å². The molecule has 282 valence electrons. The van der Waals surface area contributed by atoms with E-state index >= 15 is 0 Å². The molecule has 1 saturated carbocycles. The van der Waals surface area contributed by atoms with Gasteiger partial charge in [0.05, 0.1) is 0 Å². The van der Waals surface area contributed by atoms with Gasteiger partial charge in [-0.2, -0.15) is 0 Å². The van der Waals surface area contributed by atoms with Crippen molar-refractivity contribution in [2.45, 2.75) is 70.8 Å². The molecule has 0 amide bonds. The highest BCUT2D eigenvalue weighted by Gasteiger charge is 2.47. The number of rotatable bonds is 6. The maximum Gasteiger partial charge on any atom is 0.127 e. The van der Waals surface area contributed by atoms with Gasteiger partial charge in [-0.15, -0.1) is 0 Å². The van der Waals surface area contributed by atoms with Crippen LogP contribution in [0, 0.1) is 23.2 Å². The van der Waals surface area contributed by atoms with E-state index in [0.29, 0.717) is 11.8 Å². The second-order valence-electron chi connectivity index (χ2n) is 17.6. The SMILES string of the molecule is CC1(C)C2=CCCC=C2C2=CCC(C3=C4C=CC=CC4CC4=C3OC3C=CC(N(C5=CC=C(c6ccccc6)CC5)c5ccccc5C5C=CC=CC5)=CC43)C=C21. The van der Waals surface area contributed by atoms with Gasteiger partial charge in [0.15, 0.2) is 0 Å². The van der Waals surface area contributed by atoms with E-state index in [1.807, 2.05) is 0 Å². The zero-order valence-electron chi connectivity index (χ0n) is 33.2. The van der Waals surface area contributed by atoms with Gasteiger partial charge in [-0.3, -0.25) is 0 Å². The van der Waals surface area contributed by atoms with Gasteiger partial charge in [0.25, 0.3) is 0 Å². The molecular weight excluding hydrogens is 691 g/mol. The molecule has 9 aliphatic rings. The molecule has 0 bridgehead atoms. The van der Waals surface area contributed by atoms with E-state index in [-0.39, 0.29) is 23.4 Å². The highest BCUT2D eigenvalue weighted by atomic mass is 16.5. The van der Waals surface area contributed by atoms with Gasteiger partial charge in [0.1, 0.15) is 11.9 Å². The summed E-state index contributed by atoms with van der Waals surface area (Å²) in [5.41, 5.74) is 18.3. The van der Waals surface area contributed by atoms with Crippen LogP contribution in [0.2, 0.25) is 0 Å². The summed E-state index contributed by atoms with van der Waals surface area (Å²) in [5, 5.41) is 0. The van der Waals surface area contributed by atoms with E-state index in [4.69, 9.17) is 4.74 Å². The molecule has 11 rings (SSSR count). The molecule has 1 fully saturated rings. The minimum atomic E-state index is -0.000617. The summed E-state index contributed by atoms with van der Waals surface area (Å²) in [7, 11) is 0. The Morgan fingerprint density at radius 3 is 2.39 bits per heavy atom. The van der Waals surface area contributed by atoms with Crippen molar-refractivity contribution in [1.82, 2.24) is 0 Å². The van der Waals surface area contributed by atoms with E-state index in [0.717, 1.165) is 44.9 Å². The minimum Gasteiger partial charge on any atom is -0.485 e. The molecule has 2 heteroatoms. The van der Waals surface area contributed by atoms with Gasteiger partial charge in [-0.1, -0.05) is 141 Å². The molecule has 0 saturated heterocycles. The van der Waals surface area contributed by atoms with Crippen molar-refractivity contribution >= 4 is 11.3 Å². The molecule has 2 nitrogen and oxygen atoms in total.